The van der Waals surface area contributed by atoms with E-state index in [-0.39, 0.29) is 33.8 Å². The summed E-state index contributed by atoms with van der Waals surface area (Å²) in [5, 5.41) is 20.6. The van der Waals surface area contributed by atoms with E-state index in [0.717, 1.165) is 34.5 Å². The maximum atomic E-state index is 13.0. The molecule has 0 spiro atoms. The number of nitrogens with zero attached hydrogens (tertiary/aromatic N) is 1. The second-order valence-corrected chi connectivity index (χ2v) is 10.9. The SMILES string of the molecule is C=CCS(=O)(=O)c1cccc(O)c1-c1ccc2c(c1)-c1ccccc1C(CC)N2c1ccc(O)cc1. The average molecular weight is 498 g/mol. The Hall–Kier alpha value is -4.03. The van der Waals surface area contributed by atoms with Crippen LogP contribution < -0.4 is 4.90 Å². The Bertz CT molecular complexity index is 1560. The van der Waals surface area contributed by atoms with E-state index in [1.165, 1.54) is 18.2 Å². The lowest BCUT2D eigenvalue weighted by Crippen LogP contribution is -2.27. The van der Waals surface area contributed by atoms with Gasteiger partial charge in [0.15, 0.2) is 9.84 Å². The van der Waals surface area contributed by atoms with Crippen LogP contribution in [0.25, 0.3) is 22.3 Å². The molecule has 5 rings (SSSR count). The highest BCUT2D eigenvalue weighted by atomic mass is 32.2. The van der Waals surface area contributed by atoms with Crippen LogP contribution >= 0.6 is 0 Å². The van der Waals surface area contributed by atoms with Gasteiger partial charge in [0.1, 0.15) is 11.5 Å². The number of hydrogen-bond donors (Lipinski definition) is 2. The number of fused-ring (bicyclic) bond motifs is 3. The smallest absolute Gasteiger partial charge is 0.182 e. The summed E-state index contributed by atoms with van der Waals surface area (Å²) in [6.07, 6.45) is 2.22. The first kappa shape index (κ1) is 23.7. The molecular weight excluding hydrogens is 470 g/mol. The normalized spacial score (nSPS) is 14.7. The molecule has 0 bridgehead atoms. The molecule has 182 valence electrons. The van der Waals surface area contributed by atoms with Gasteiger partial charge in [0, 0.05) is 22.5 Å². The summed E-state index contributed by atoms with van der Waals surface area (Å²) in [4.78, 5) is 2.33. The molecule has 36 heavy (non-hydrogen) atoms. The Morgan fingerprint density at radius 1 is 0.917 bits per heavy atom. The number of anilines is 2. The first-order valence-corrected chi connectivity index (χ1v) is 13.5. The second kappa shape index (κ2) is 9.21. The van der Waals surface area contributed by atoms with E-state index in [2.05, 4.69) is 30.5 Å². The summed E-state index contributed by atoms with van der Waals surface area (Å²) in [5.41, 5.74) is 5.99. The molecule has 0 fully saturated rings. The molecule has 4 aromatic rings. The van der Waals surface area contributed by atoms with Gasteiger partial charge >= 0.3 is 0 Å². The largest absolute Gasteiger partial charge is 0.508 e. The molecule has 4 aromatic carbocycles. The fourth-order valence-electron chi connectivity index (χ4n) is 5.11. The summed E-state index contributed by atoms with van der Waals surface area (Å²) in [6.45, 7) is 5.72. The van der Waals surface area contributed by atoms with Gasteiger partial charge in [0.2, 0.25) is 0 Å². The standard InChI is InChI=1S/C30H27NO4S/c1-3-18-36(34,35)29-11-7-10-28(33)30(29)20-12-17-27-25(19-20)23-8-5-6-9-24(23)26(4-2)31(27)21-13-15-22(32)16-14-21/h3,5-17,19,26,32-33H,1,4,18H2,2H3. The Morgan fingerprint density at radius 2 is 1.67 bits per heavy atom. The molecular formula is C30H27NO4S. The average Bonchev–Trinajstić information content (AvgIpc) is 2.88. The number of phenols is 2. The minimum Gasteiger partial charge on any atom is -0.508 e. The topological polar surface area (TPSA) is 77.8 Å². The van der Waals surface area contributed by atoms with Crippen molar-refractivity contribution in [1.82, 2.24) is 0 Å². The molecule has 0 amide bonds. The molecule has 1 aliphatic heterocycles. The molecule has 1 unspecified atom stereocenters. The van der Waals surface area contributed by atoms with E-state index in [4.69, 9.17) is 0 Å². The summed E-state index contributed by atoms with van der Waals surface area (Å²) in [5.74, 6) is -0.108. The van der Waals surface area contributed by atoms with Gasteiger partial charge < -0.3 is 15.1 Å². The zero-order chi connectivity index (χ0) is 25.4. The van der Waals surface area contributed by atoms with Crippen molar-refractivity contribution in [3.8, 4) is 33.8 Å². The highest BCUT2D eigenvalue weighted by molar-refractivity contribution is 7.91. The molecule has 1 aliphatic rings. The Kier molecular flexibility index (Phi) is 6.06. The lowest BCUT2D eigenvalue weighted by Gasteiger charge is -2.40. The molecule has 5 nitrogen and oxygen atoms in total. The molecule has 0 saturated carbocycles. The quantitative estimate of drug-likeness (QED) is 0.281. The van der Waals surface area contributed by atoms with Crippen LogP contribution in [0.4, 0.5) is 11.4 Å². The number of sulfone groups is 1. The number of benzene rings is 4. The zero-order valence-electron chi connectivity index (χ0n) is 19.9. The van der Waals surface area contributed by atoms with Crippen molar-refractivity contribution < 1.29 is 18.6 Å². The van der Waals surface area contributed by atoms with Gasteiger partial charge in [-0.25, -0.2) is 8.42 Å². The Balaban J connectivity index is 1.76. The molecule has 0 aliphatic carbocycles. The van der Waals surface area contributed by atoms with Crippen LogP contribution in [-0.2, 0) is 9.84 Å². The van der Waals surface area contributed by atoms with Gasteiger partial charge in [0.25, 0.3) is 0 Å². The fraction of sp³-hybridized carbons (Fsp3) is 0.133. The van der Waals surface area contributed by atoms with E-state index in [1.54, 1.807) is 18.2 Å². The van der Waals surface area contributed by atoms with Crippen LogP contribution in [0.3, 0.4) is 0 Å². The van der Waals surface area contributed by atoms with Crippen molar-refractivity contribution in [2.75, 3.05) is 10.7 Å². The lowest BCUT2D eigenvalue weighted by molar-refractivity contribution is 0.475. The summed E-state index contributed by atoms with van der Waals surface area (Å²) in [7, 11) is -3.68. The van der Waals surface area contributed by atoms with Gasteiger partial charge in [-0.1, -0.05) is 49.4 Å². The third-order valence-corrected chi connectivity index (χ3v) is 8.34. The zero-order valence-corrected chi connectivity index (χ0v) is 20.7. The Morgan fingerprint density at radius 3 is 2.39 bits per heavy atom. The predicted molar refractivity (Wildman–Crippen MR) is 145 cm³/mol. The van der Waals surface area contributed by atoms with E-state index >= 15 is 0 Å². The van der Waals surface area contributed by atoms with Crippen LogP contribution in [0, 0.1) is 0 Å². The fourth-order valence-corrected chi connectivity index (χ4v) is 6.41. The molecule has 1 heterocycles. The number of phenolic OH excluding ortho intramolecular Hbond substituents is 2. The third-order valence-electron chi connectivity index (χ3n) is 6.66. The maximum Gasteiger partial charge on any atom is 0.182 e. The van der Waals surface area contributed by atoms with Gasteiger partial charge in [0.05, 0.1) is 16.7 Å². The summed E-state index contributed by atoms with van der Waals surface area (Å²) < 4.78 is 26.0. The van der Waals surface area contributed by atoms with E-state index in [1.807, 2.05) is 42.5 Å². The second-order valence-electron chi connectivity index (χ2n) is 8.85. The Labute approximate surface area is 211 Å². The number of hydrogen-bond acceptors (Lipinski definition) is 5. The molecule has 2 N–H and O–H groups in total. The van der Waals surface area contributed by atoms with Crippen molar-refractivity contribution in [2.45, 2.75) is 24.3 Å². The number of rotatable bonds is 6. The monoisotopic (exact) mass is 497 g/mol. The molecule has 6 heteroatoms. The van der Waals surface area contributed by atoms with Crippen molar-refractivity contribution in [3.05, 3.63) is 103 Å². The van der Waals surface area contributed by atoms with Crippen LogP contribution in [0.5, 0.6) is 11.5 Å². The maximum absolute atomic E-state index is 13.0. The highest BCUT2D eigenvalue weighted by Gasteiger charge is 2.32. The minimum atomic E-state index is -3.68. The van der Waals surface area contributed by atoms with Crippen LogP contribution in [-0.4, -0.2) is 24.4 Å². The van der Waals surface area contributed by atoms with Crippen molar-refractivity contribution >= 4 is 21.2 Å². The summed E-state index contributed by atoms with van der Waals surface area (Å²) in [6, 6.07) is 25.8. The van der Waals surface area contributed by atoms with Crippen LogP contribution in [0.1, 0.15) is 24.9 Å². The van der Waals surface area contributed by atoms with Gasteiger partial charge in [-0.15, -0.1) is 6.58 Å². The predicted octanol–water partition coefficient (Wildman–Crippen LogP) is 6.99. The molecule has 0 radical (unpaired) electrons. The first-order valence-electron chi connectivity index (χ1n) is 11.8. The molecule has 0 saturated heterocycles. The van der Waals surface area contributed by atoms with E-state index in [0.29, 0.717) is 5.56 Å². The minimum absolute atomic E-state index is 0.0771. The molecule has 0 aromatic heterocycles. The van der Waals surface area contributed by atoms with Crippen LogP contribution in [0.2, 0.25) is 0 Å². The van der Waals surface area contributed by atoms with E-state index < -0.39 is 9.84 Å². The molecule has 1 atom stereocenters. The van der Waals surface area contributed by atoms with Crippen molar-refractivity contribution in [2.24, 2.45) is 0 Å². The van der Waals surface area contributed by atoms with Crippen molar-refractivity contribution in [1.29, 1.82) is 0 Å². The van der Waals surface area contributed by atoms with Gasteiger partial charge in [-0.2, -0.15) is 0 Å². The van der Waals surface area contributed by atoms with Gasteiger partial charge in [-0.3, -0.25) is 0 Å². The lowest BCUT2D eigenvalue weighted by atomic mass is 9.85. The van der Waals surface area contributed by atoms with Gasteiger partial charge in [-0.05, 0) is 71.6 Å². The first-order chi connectivity index (χ1) is 17.4. The number of aromatic hydroxyl groups is 2. The highest BCUT2D eigenvalue weighted by Crippen LogP contribution is 2.51. The van der Waals surface area contributed by atoms with Crippen molar-refractivity contribution in [3.63, 3.8) is 0 Å². The third kappa shape index (κ3) is 3.93. The summed E-state index contributed by atoms with van der Waals surface area (Å²) >= 11 is 0. The van der Waals surface area contributed by atoms with Crippen LogP contribution in [0.15, 0.2) is 102 Å². The van der Waals surface area contributed by atoms with E-state index in [9.17, 15) is 18.6 Å².